The summed E-state index contributed by atoms with van der Waals surface area (Å²) in [6, 6.07) is 6.12. The van der Waals surface area contributed by atoms with Crippen LogP contribution in [0.1, 0.15) is 28.6 Å². The number of hydrogen-bond acceptors (Lipinski definition) is 2. The van der Waals surface area contributed by atoms with Gasteiger partial charge in [0.2, 0.25) is 0 Å². The normalized spacial score (nSPS) is 12.7. The summed E-state index contributed by atoms with van der Waals surface area (Å²) in [4.78, 5) is 7.12. The molecule has 0 aliphatic rings. The van der Waals surface area contributed by atoms with Crippen LogP contribution in [0.25, 0.3) is 0 Å². The summed E-state index contributed by atoms with van der Waals surface area (Å²) in [7, 11) is 0. The van der Waals surface area contributed by atoms with E-state index in [1.807, 2.05) is 26.0 Å². The average Bonchev–Trinajstić information content (AvgIpc) is 2.74. The molecule has 0 radical (unpaired) electrons. The van der Waals surface area contributed by atoms with Gasteiger partial charge in [0.25, 0.3) is 0 Å². The van der Waals surface area contributed by atoms with Crippen LogP contribution in [0.2, 0.25) is 0 Å². The van der Waals surface area contributed by atoms with E-state index in [9.17, 15) is 5.11 Å². The van der Waals surface area contributed by atoms with Crippen LogP contribution in [0.4, 0.5) is 0 Å². The molecule has 0 amide bonds. The lowest BCUT2D eigenvalue weighted by molar-refractivity contribution is 0.175. The second-order valence-corrected chi connectivity index (χ2v) is 4.12. The lowest BCUT2D eigenvalue weighted by atomic mass is 9.99. The Kier molecular flexibility index (Phi) is 3.06. The number of benzene rings is 1. The van der Waals surface area contributed by atoms with Crippen molar-refractivity contribution in [3.05, 3.63) is 53.1 Å². The minimum absolute atomic E-state index is 0.494. The molecule has 1 heterocycles. The summed E-state index contributed by atoms with van der Waals surface area (Å²) in [5.41, 5.74) is 3.26. The number of H-pyrrole nitrogens is 1. The lowest BCUT2D eigenvalue weighted by Gasteiger charge is -2.13. The first-order valence-corrected chi connectivity index (χ1v) is 5.40. The Hall–Kier alpha value is -1.61. The molecule has 0 spiro atoms. The number of aliphatic hydroxyl groups is 1. The molecular weight excluding hydrogens is 200 g/mol. The van der Waals surface area contributed by atoms with E-state index >= 15 is 0 Å². The van der Waals surface area contributed by atoms with Crippen LogP contribution >= 0.6 is 0 Å². The highest BCUT2D eigenvalue weighted by molar-refractivity contribution is 5.32. The Balaban J connectivity index is 2.20. The first kappa shape index (κ1) is 10.9. The van der Waals surface area contributed by atoms with Crippen molar-refractivity contribution in [1.82, 2.24) is 9.97 Å². The molecule has 0 saturated heterocycles. The first-order chi connectivity index (χ1) is 7.66. The van der Waals surface area contributed by atoms with Crippen LogP contribution in [0.3, 0.4) is 0 Å². The second kappa shape index (κ2) is 4.49. The molecule has 84 valence electrons. The van der Waals surface area contributed by atoms with Crippen LogP contribution in [0.5, 0.6) is 0 Å². The summed E-state index contributed by atoms with van der Waals surface area (Å²) in [5, 5.41) is 10.1. The van der Waals surface area contributed by atoms with Gasteiger partial charge in [-0.15, -0.1) is 0 Å². The van der Waals surface area contributed by atoms with Gasteiger partial charge in [-0.05, 0) is 25.0 Å². The van der Waals surface area contributed by atoms with E-state index in [1.165, 1.54) is 5.56 Å². The summed E-state index contributed by atoms with van der Waals surface area (Å²) in [6.45, 7) is 4.04. The van der Waals surface area contributed by atoms with E-state index in [1.54, 1.807) is 12.4 Å². The quantitative estimate of drug-likeness (QED) is 0.827. The number of imidazole rings is 1. The molecule has 3 heteroatoms. The molecular formula is C13H16N2O. The van der Waals surface area contributed by atoms with Gasteiger partial charge in [0, 0.05) is 18.8 Å². The summed E-state index contributed by atoms with van der Waals surface area (Å²) in [6.07, 6.45) is 3.50. The number of nitrogens with zero attached hydrogens (tertiary/aromatic N) is 1. The minimum atomic E-state index is -0.494. The zero-order valence-corrected chi connectivity index (χ0v) is 9.57. The summed E-state index contributed by atoms with van der Waals surface area (Å²) >= 11 is 0. The number of hydrogen-bond donors (Lipinski definition) is 2. The molecule has 0 saturated carbocycles. The van der Waals surface area contributed by atoms with E-state index in [2.05, 4.69) is 16.0 Å². The standard InChI is InChI=1S/C13H16N2O/c1-9-3-4-10(2)11(7-9)12(16)8-13-14-5-6-15-13/h3-7,12,16H,8H2,1-2H3,(H,14,15). The number of aromatic amines is 1. The maximum absolute atomic E-state index is 10.1. The fourth-order valence-electron chi connectivity index (χ4n) is 1.82. The molecule has 0 bridgehead atoms. The topological polar surface area (TPSA) is 48.9 Å². The van der Waals surface area contributed by atoms with Crippen molar-refractivity contribution in [2.75, 3.05) is 0 Å². The van der Waals surface area contributed by atoms with Gasteiger partial charge in [-0.1, -0.05) is 23.8 Å². The van der Waals surface area contributed by atoms with Crippen molar-refractivity contribution in [1.29, 1.82) is 0 Å². The van der Waals surface area contributed by atoms with E-state index in [0.717, 1.165) is 17.0 Å². The van der Waals surface area contributed by atoms with Crippen molar-refractivity contribution in [3.63, 3.8) is 0 Å². The first-order valence-electron chi connectivity index (χ1n) is 5.40. The van der Waals surface area contributed by atoms with Crippen molar-refractivity contribution < 1.29 is 5.11 Å². The molecule has 0 aliphatic heterocycles. The Bertz CT molecular complexity index is 463. The van der Waals surface area contributed by atoms with Gasteiger partial charge in [-0.3, -0.25) is 0 Å². The maximum Gasteiger partial charge on any atom is 0.108 e. The largest absolute Gasteiger partial charge is 0.388 e. The van der Waals surface area contributed by atoms with Crippen molar-refractivity contribution in [2.45, 2.75) is 26.4 Å². The van der Waals surface area contributed by atoms with Crippen molar-refractivity contribution in [2.24, 2.45) is 0 Å². The highest BCUT2D eigenvalue weighted by Gasteiger charge is 2.12. The Morgan fingerprint density at radius 3 is 2.88 bits per heavy atom. The smallest absolute Gasteiger partial charge is 0.108 e. The molecule has 0 aliphatic carbocycles. The van der Waals surface area contributed by atoms with Gasteiger partial charge < -0.3 is 10.1 Å². The Morgan fingerprint density at radius 2 is 2.19 bits per heavy atom. The van der Waals surface area contributed by atoms with Crippen LogP contribution < -0.4 is 0 Å². The van der Waals surface area contributed by atoms with Crippen molar-refractivity contribution >= 4 is 0 Å². The minimum Gasteiger partial charge on any atom is -0.388 e. The molecule has 0 fully saturated rings. The predicted molar refractivity (Wildman–Crippen MR) is 63.2 cm³/mol. The SMILES string of the molecule is Cc1ccc(C)c(C(O)Cc2ncc[nH]2)c1. The number of aliphatic hydroxyl groups excluding tert-OH is 1. The maximum atomic E-state index is 10.1. The van der Waals surface area contributed by atoms with Gasteiger partial charge in [-0.2, -0.15) is 0 Å². The summed E-state index contributed by atoms with van der Waals surface area (Å²) < 4.78 is 0. The molecule has 1 aromatic carbocycles. The van der Waals surface area contributed by atoms with Gasteiger partial charge >= 0.3 is 0 Å². The molecule has 2 N–H and O–H groups in total. The van der Waals surface area contributed by atoms with Crippen LogP contribution in [0.15, 0.2) is 30.6 Å². The molecule has 1 aromatic heterocycles. The van der Waals surface area contributed by atoms with Crippen LogP contribution in [-0.4, -0.2) is 15.1 Å². The zero-order chi connectivity index (χ0) is 11.5. The van der Waals surface area contributed by atoms with Crippen LogP contribution in [0, 0.1) is 13.8 Å². The Labute approximate surface area is 95.2 Å². The van der Waals surface area contributed by atoms with E-state index < -0.39 is 6.10 Å². The van der Waals surface area contributed by atoms with E-state index in [4.69, 9.17) is 0 Å². The zero-order valence-electron chi connectivity index (χ0n) is 9.57. The van der Waals surface area contributed by atoms with E-state index in [0.29, 0.717) is 6.42 Å². The molecule has 1 atom stereocenters. The Morgan fingerprint density at radius 1 is 1.38 bits per heavy atom. The van der Waals surface area contributed by atoms with Crippen molar-refractivity contribution in [3.8, 4) is 0 Å². The molecule has 1 unspecified atom stereocenters. The molecule has 16 heavy (non-hydrogen) atoms. The number of rotatable bonds is 3. The molecule has 2 rings (SSSR count). The van der Waals surface area contributed by atoms with Gasteiger partial charge in [0.1, 0.15) is 5.82 Å². The van der Waals surface area contributed by atoms with E-state index in [-0.39, 0.29) is 0 Å². The van der Waals surface area contributed by atoms with Gasteiger partial charge in [-0.25, -0.2) is 4.98 Å². The molecule has 3 nitrogen and oxygen atoms in total. The number of nitrogens with one attached hydrogen (secondary N) is 1. The third-order valence-corrected chi connectivity index (χ3v) is 2.74. The third-order valence-electron chi connectivity index (χ3n) is 2.74. The average molecular weight is 216 g/mol. The number of aryl methyl sites for hydroxylation is 2. The van der Waals surface area contributed by atoms with Gasteiger partial charge in [0.05, 0.1) is 6.10 Å². The fraction of sp³-hybridized carbons (Fsp3) is 0.308. The number of aromatic nitrogens is 2. The monoisotopic (exact) mass is 216 g/mol. The van der Waals surface area contributed by atoms with Crippen LogP contribution in [-0.2, 0) is 6.42 Å². The van der Waals surface area contributed by atoms with Gasteiger partial charge in [0.15, 0.2) is 0 Å². The lowest BCUT2D eigenvalue weighted by Crippen LogP contribution is -2.05. The second-order valence-electron chi connectivity index (χ2n) is 4.12. The highest BCUT2D eigenvalue weighted by Crippen LogP contribution is 2.21. The molecule has 2 aromatic rings. The summed E-state index contributed by atoms with van der Waals surface area (Å²) in [5.74, 6) is 0.813. The third kappa shape index (κ3) is 2.31. The predicted octanol–water partition coefficient (Wildman–Crippen LogP) is 2.30. The fourth-order valence-corrected chi connectivity index (χ4v) is 1.82. The highest BCUT2D eigenvalue weighted by atomic mass is 16.3.